The van der Waals surface area contributed by atoms with Crippen LogP contribution in [-0.4, -0.2) is 11.1 Å². The van der Waals surface area contributed by atoms with E-state index in [1.165, 1.54) is 51.4 Å². The fourth-order valence-corrected chi connectivity index (χ4v) is 2.38. The van der Waals surface area contributed by atoms with Crippen molar-refractivity contribution in [1.29, 1.82) is 0 Å². The molecule has 18 heavy (non-hydrogen) atoms. The maximum Gasteiger partial charge on any atom is 0.306 e. The van der Waals surface area contributed by atoms with E-state index in [1.54, 1.807) is 0 Å². The molecule has 1 aliphatic rings. The SMILES string of the molecule is CCCCCCCCCC.O=C(O)C1CCCC1. The first-order valence-electron chi connectivity index (χ1n) is 7.95. The summed E-state index contributed by atoms with van der Waals surface area (Å²) in [6.45, 7) is 4.54. The molecule has 1 fully saturated rings. The number of aliphatic carboxylic acids is 1. The molecule has 0 aromatic heterocycles. The minimum Gasteiger partial charge on any atom is -0.481 e. The van der Waals surface area contributed by atoms with Crippen LogP contribution >= 0.6 is 0 Å². The largest absolute Gasteiger partial charge is 0.481 e. The number of carboxylic acids is 1. The Bertz CT molecular complexity index is 176. The van der Waals surface area contributed by atoms with E-state index < -0.39 is 5.97 Å². The molecule has 2 heteroatoms. The van der Waals surface area contributed by atoms with Gasteiger partial charge in [0.15, 0.2) is 0 Å². The first-order valence-corrected chi connectivity index (χ1v) is 7.95. The van der Waals surface area contributed by atoms with Crippen LogP contribution in [-0.2, 0) is 4.79 Å². The van der Waals surface area contributed by atoms with Crippen molar-refractivity contribution in [3.05, 3.63) is 0 Å². The van der Waals surface area contributed by atoms with Crippen LogP contribution < -0.4 is 0 Å². The second kappa shape index (κ2) is 12.9. The van der Waals surface area contributed by atoms with Crippen LogP contribution in [0.5, 0.6) is 0 Å². The van der Waals surface area contributed by atoms with Crippen molar-refractivity contribution in [2.45, 2.75) is 90.9 Å². The van der Waals surface area contributed by atoms with Crippen molar-refractivity contribution in [3.8, 4) is 0 Å². The van der Waals surface area contributed by atoms with Crippen molar-refractivity contribution in [3.63, 3.8) is 0 Å². The lowest BCUT2D eigenvalue weighted by Gasteiger charge is -1.97. The topological polar surface area (TPSA) is 37.3 Å². The monoisotopic (exact) mass is 256 g/mol. The van der Waals surface area contributed by atoms with Crippen LogP contribution in [0.1, 0.15) is 90.9 Å². The Labute approximate surface area is 113 Å². The van der Waals surface area contributed by atoms with E-state index in [9.17, 15) is 4.79 Å². The van der Waals surface area contributed by atoms with E-state index in [0.717, 1.165) is 25.7 Å². The average Bonchev–Trinajstić information content (AvgIpc) is 2.88. The van der Waals surface area contributed by atoms with E-state index in [2.05, 4.69) is 13.8 Å². The van der Waals surface area contributed by atoms with Crippen molar-refractivity contribution in [2.75, 3.05) is 0 Å². The second-order valence-corrected chi connectivity index (χ2v) is 5.44. The molecule has 1 aliphatic carbocycles. The molecule has 0 amide bonds. The zero-order valence-electron chi connectivity index (χ0n) is 12.4. The summed E-state index contributed by atoms with van der Waals surface area (Å²) in [6.07, 6.45) is 15.5. The van der Waals surface area contributed by atoms with Gasteiger partial charge in [-0.1, -0.05) is 78.1 Å². The summed E-state index contributed by atoms with van der Waals surface area (Å²) in [5.74, 6) is -0.627. The van der Waals surface area contributed by atoms with Crippen molar-refractivity contribution >= 4 is 5.97 Å². The van der Waals surface area contributed by atoms with Gasteiger partial charge in [0.1, 0.15) is 0 Å². The van der Waals surface area contributed by atoms with Crippen molar-refractivity contribution < 1.29 is 9.90 Å². The summed E-state index contributed by atoms with van der Waals surface area (Å²) < 4.78 is 0. The molecule has 0 spiro atoms. The fourth-order valence-electron chi connectivity index (χ4n) is 2.38. The number of rotatable bonds is 8. The molecule has 1 N–H and O–H groups in total. The Morgan fingerprint density at radius 3 is 1.56 bits per heavy atom. The average molecular weight is 256 g/mol. The molecule has 108 valence electrons. The number of unbranched alkanes of at least 4 members (excludes halogenated alkanes) is 7. The van der Waals surface area contributed by atoms with Gasteiger partial charge in [0.2, 0.25) is 0 Å². The van der Waals surface area contributed by atoms with E-state index in [4.69, 9.17) is 5.11 Å². The van der Waals surface area contributed by atoms with Gasteiger partial charge in [-0.3, -0.25) is 4.79 Å². The summed E-state index contributed by atoms with van der Waals surface area (Å²) in [7, 11) is 0. The smallest absolute Gasteiger partial charge is 0.306 e. The second-order valence-electron chi connectivity index (χ2n) is 5.44. The summed E-state index contributed by atoms with van der Waals surface area (Å²) >= 11 is 0. The van der Waals surface area contributed by atoms with Crippen LogP contribution in [0.4, 0.5) is 0 Å². The van der Waals surface area contributed by atoms with Crippen LogP contribution in [0.3, 0.4) is 0 Å². The lowest BCUT2D eigenvalue weighted by Crippen LogP contribution is -2.07. The maximum absolute atomic E-state index is 10.2. The van der Waals surface area contributed by atoms with Gasteiger partial charge in [0, 0.05) is 0 Å². The normalized spacial score (nSPS) is 15.2. The van der Waals surface area contributed by atoms with Crippen molar-refractivity contribution in [2.24, 2.45) is 5.92 Å². The van der Waals surface area contributed by atoms with Crippen LogP contribution in [0.15, 0.2) is 0 Å². The predicted molar refractivity (Wildman–Crippen MR) is 77.9 cm³/mol. The highest BCUT2D eigenvalue weighted by molar-refractivity contribution is 5.70. The Morgan fingerprint density at radius 2 is 1.28 bits per heavy atom. The van der Waals surface area contributed by atoms with Crippen LogP contribution in [0, 0.1) is 5.92 Å². The third-order valence-corrected chi connectivity index (χ3v) is 3.66. The van der Waals surface area contributed by atoms with E-state index in [1.807, 2.05) is 0 Å². The zero-order valence-corrected chi connectivity index (χ0v) is 12.4. The van der Waals surface area contributed by atoms with Gasteiger partial charge in [-0.05, 0) is 12.8 Å². The van der Waals surface area contributed by atoms with Crippen molar-refractivity contribution in [1.82, 2.24) is 0 Å². The zero-order chi connectivity index (χ0) is 13.6. The fraction of sp³-hybridized carbons (Fsp3) is 0.938. The molecule has 0 radical (unpaired) electrons. The Kier molecular flexibility index (Phi) is 12.5. The first-order chi connectivity index (χ1) is 8.72. The highest BCUT2D eigenvalue weighted by Crippen LogP contribution is 2.24. The number of hydrogen-bond acceptors (Lipinski definition) is 1. The Balaban J connectivity index is 0.000000327. The predicted octanol–water partition coefficient (Wildman–Crippen LogP) is 5.41. The molecule has 2 nitrogen and oxygen atoms in total. The molecule has 0 bridgehead atoms. The van der Waals surface area contributed by atoms with Gasteiger partial charge in [-0.15, -0.1) is 0 Å². The minimum absolute atomic E-state index is 0.0185. The van der Waals surface area contributed by atoms with Gasteiger partial charge in [-0.25, -0.2) is 0 Å². The molecule has 0 aromatic carbocycles. The maximum atomic E-state index is 10.2. The highest BCUT2D eigenvalue weighted by Gasteiger charge is 2.20. The molecule has 1 rings (SSSR count). The quantitative estimate of drug-likeness (QED) is 0.590. The lowest BCUT2D eigenvalue weighted by molar-refractivity contribution is -0.141. The molecule has 0 saturated heterocycles. The first kappa shape index (κ1) is 17.5. The molecule has 0 aliphatic heterocycles. The van der Waals surface area contributed by atoms with Gasteiger partial charge in [0.05, 0.1) is 5.92 Å². The summed E-state index contributed by atoms with van der Waals surface area (Å²) in [4.78, 5) is 10.2. The molecular weight excluding hydrogens is 224 g/mol. The number of hydrogen-bond donors (Lipinski definition) is 1. The minimum atomic E-state index is -0.609. The van der Waals surface area contributed by atoms with E-state index >= 15 is 0 Å². The Morgan fingerprint density at radius 1 is 0.889 bits per heavy atom. The molecule has 0 aromatic rings. The molecule has 0 heterocycles. The van der Waals surface area contributed by atoms with Gasteiger partial charge in [-0.2, -0.15) is 0 Å². The van der Waals surface area contributed by atoms with E-state index in [-0.39, 0.29) is 5.92 Å². The van der Waals surface area contributed by atoms with Gasteiger partial charge < -0.3 is 5.11 Å². The summed E-state index contributed by atoms with van der Waals surface area (Å²) in [6, 6.07) is 0. The third kappa shape index (κ3) is 10.6. The van der Waals surface area contributed by atoms with E-state index in [0.29, 0.717) is 0 Å². The summed E-state index contributed by atoms with van der Waals surface area (Å²) in [5, 5.41) is 8.41. The molecule has 1 saturated carbocycles. The lowest BCUT2D eigenvalue weighted by atomic mass is 10.1. The van der Waals surface area contributed by atoms with Gasteiger partial charge in [0.25, 0.3) is 0 Å². The highest BCUT2D eigenvalue weighted by atomic mass is 16.4. The van der Waals surface area contributed by atoms with Gasteiger partial charge >= 0.3 is 5.97 Å². The standard InChI is InChI=1S/C10H22.C6H10O2/c1-3-5-7-9-10-8-6-4-2;7-6(8)5-3-1-2-4-5/h3-10H2,1-2H3;5H,1-4H2,(H,7,8). The van der Waals surface area contributed by atoms with Crippen LogP contribution in [0.25, 0.3) is 0 Å². The molecule has 0 unspecified atom stereocenters. The third-order valence-electron chi connectivity index (χ3n) is 3.66. The van der Waals surface area contributed by atoms with Crippen LogP contribution in [0.2, 0.25) is 0 Å². The number of carboxylic acid groups (broad SMARTS) is 1. The Hall–Kier alpha value is -0.530. The number of carbonyl (C=O) groups is 1. The molecular formula is C16H32O2. The molecule has 0 atom stereocenters. The summed E-state index contributed by atoms with van der Waals surface area (Å²) in [5.41, 5.74) is 0.